The third kappa shape index (κ3) is 5.08. The number of rotatable bonds is 5. The number of anilines is 2. The number of ether oxygens (including phenoxy) is 1. The number of aryl methyl sites for hydroxylation is 2. The third-order valence-corrected chi connectivity index (χ3v) is 5.54. The zero-order chi connectivity index (χ0) is 21.1. The fraction of sp³-hybridized carbons (Fsp3) is 0.286. The van der Waals surface area contributed by atoms with Gasteiger partial charge in [0.25, 0.3) is 5.91 Å². The number of hydrogen-bond donors (Lipinski definition) is 1. The predicted molar refractivity (Wildman–Crippen MR) is 112 cm³/mol. The Bertz CT molecular complexity index is 977. The molecule has 1 N–H and O–H groups in total. The maximum Gasteiger partial charge on any atom is 0.311 e. The SMILES string of the molecule is Cc1ccc(NC(=O)COC(=O)[C@@H]2CC(=O)N(c3ccc(C)c(Cl)c3)C2)cc1Cl. The minimum Gasteiger partial charge on any atom is -0.455 e. The van der Waals surface area contributed by atoms with E-state index in [1.54, 1.807) is 30.3 Å². The highest BCUT2D eigenvalue weighted by molar-refractivity contribution is 6.32. The Balaban J connectivity index is 1.54. The van der Waals surface area contributed by atoms with Crippen LogP contribution >= 0.6 is 23.2 Å². The molecule has 1 fully saturated rings. The number of benzene rings is 2. The summed E-state index contributed by atoms with van der Waals surface area (Å²) >= 11 is 12.2. The summed E-state index contributed by atoms with van der Waals surface area (Å²) in [5.41, 5.74) is 2.94. The predicted octanol–water partition coefficient (Wildman–Crippen LogP) is 4.15. The summed E-state index contributed by atoms with van der Waals surface area (Å²) in [6, 6.07) is 10.4. The summed E-state index contributed by atoms with van der Waals surface area (Å²) < 4.78 is 5.10. The van der Waals surface area contributed by atoms with Crippen molar-refractivity contribution in [3.63, 3.8) is 0 Å². The lowest BCUT2D eigenvalue weighted by Crippen LogP contribution is -2.28. The largest absolute Gasteiger partial charge is 0.455 e. The molecular weight excluding hydrogens is 415 g/mol. The first-order valence-electron chi connectivity index (χ1n) is 9.03. The van der Waals surface area contributed by atoms with Gasteiger partial charge in [0.05, 0.1) is 5.92 Å². The molecule has 8 heteroatoms. The van der Waals surface area contributed by atoms with E-state index in [4.69, 9.17) is 27.9 Å². The number of hydrogen-bond acceptors (Lipinski definition) is 4. The average Bonchev–Trinajstić information content (AvgIpc) is 3.07. The molecule has 1 aliphatic rings. The van der Waals surface area contributed by atoms with Crippen molar-refractivity contribution in [1.82, 2.24) is 0 Å². The van der Waals surface area contributed by atoms with Gasteiger partial charge in [-0.25, -0.2) is 0 Å². The Kier molecular flexibility index (Phi) is 6.45. The van der Waals surface area contributed by atoms with Gasteiger partial charge in [0.2, 0.25) is 5.91 Å². The smallest absolute Gasteiger partial charge is 0.311 e. The summed E-state index contributed by atoms with van der Waals surface area (Å²) in [6.45, 7) is 3.47. The van der Waals surface area contributed by atoms with Crippen LogP contribution in [-0.2, 0) is 19.1 Å². The Labute approximate surface area is 178 Å². The Morgan fingerprint density at radius 1 is 1.10 bits per heavy atom. The summed E-state index contributed by atoms with van der Waals surface area (Å²) in [5.74, 6) is -1.89. The molecule has 0 bridgehead atoms. The van der Waals surface area contributed by atoms with Gasteiger partial charge in [0.1, 0.15) is 0 Å². The molecule has 1 heterocycles. The normalized spacial score (nSPS) is 16.1. The standard InChI is InChI=1S/C21H20Cl2N2O4/c1-12-3-5-15(8-17(12)22)24-19(26)11-29-21(28)14-7-20(27)25(10-14)16-6-4-13(2)18(23)9-16/h3-6,8-9,14H,7,10-11H2,1-2H3,(H,24,26)/t14-/m1/s1. The Morgan fingerprint density at radius 2 is 1.76 bits per heavy atom. The molecular formula is C21H20Cl2N2O4. The minimum atomic E-state index is -0.635. The Hall–Kier alpha value is -2.57. The number of carbonyl (C=O) groups is 3. The molecule has 0 spiro atoms. The van der Waals surface area contributed by atoms with Crippen LogP contribution in [0.5, 0.6) is 0 Å². The second kappa shape index (κ2) is 8.84. The van der Waals surface area contributed by atoms with Gasteiger partial charge in [-0.3, -0.25) is 14.4 Å². The fourth-order valence-corrected chi connectivity index (χ4v) is 3.34. The lowest BCUT2D eigenvalue weighted by molar-refractivity contribution is -0.151. The van der Waals surface area contributed by atoms with Crippen LogP contribution in [0.3, 0.4) is 0 Å². The molecule has 0 aromatic heterocycles. The van der Waals surface area contributed by atoms with Crippen molar-refractivity contribution in [3.05, 3.63) is 57.6 Å². The first kappa shape index (κ1) is 21.1. The van der Waals surface area contributed by atoms with E-state index in [1.165, 1.54) is 4.90 Å². The van der Waals surface area contributed by atoms with Gasteiger partial charge < -0.3 is 15.0 Å². The molecule has 2 aromatic carbocycles. The monoisotopic (exact) mass is 434 g/mol. The van der Waals surface area contributed by atoms with Crippen molar-refractivity contribution in [1.29, 1.82) is 0 Å². The third-order valence-electron chi connectivity index (χ3n) is 4.73. The van der Waals surface area contributed by atoms with Crippen LogP contribution in [0.25, 0.3) is 0 Å². The van der Waals surface area contributed by atoms with Crippen molar-refractivity contribution in [2.45, 2.75) is 20.3 Å². The van der Waals surface area contributed by atoms with E-state index in [0.29, 0.717) is 21.4 Å². The fourth-order valence-electron chi connectivity index (χ4n) is 2.99. The number of nitrogens with zero attached hydrogens (tertiary/aromatic N) is 1. The van der Waals surface area contributed by atoms with Gasteiger partial charge in [0.15, 0.2) is 6.61 Å². The van der Waals surface area contributed by atoms with E-state index >= 15 is 0 Å². The zero-order valence-electron chi connectivity index (χ0n) is 16.0. The van der Waals surface area contributed by atoms with E-state index in [-0.39, 0.29) is 18.9 Å². The summed E-state index contributed by atoms with van der Waals surface area (Å²) in [6.07, 6.45) is 0.0273. The minimum absolute atomic E-state index is 0.0273. The molecule has 29 heavy (non-hydrogen) atoms. The quantitative estimate of drug-likeness (QED) is 0.717. The van der Waals surface area contributed by atoms with E-state index in [1.807, 2.05) is 19.9 Å². The molecule has 1 saturated heterocycles. The second-order valence-corrected chi connectivity index (χ2v) is 7.77. The van der Waals surface area contributed by atoms with Crippen LogP contribution < -0.4 is 10.2 Å². The van der Waals surface area contributed by atoms with Crippen LogP contribution in [0.2, 0.25) is 10.0 Å². The first-order valence-corrected chi connectivity index (χ1v) is 9.79. The maximum atomic E-state index is 12.3. The summed E-state index contributed by atoms with van der Waals surface area (Å²) in [7, 11) is 0. The topological polar surface area (TPSA) is 75.7 Å². The van der Waals surface area contributed by atoms with Gasteiger partial charge >= 0.3 is 5.97 Å². The molecule has 1 atom stereocenters. The van der Waals surface area contributed by atoms with E-state index in [2.05, 4.69) is 5.32 Å². The van der Waals surface area contributed by atoms with Gasteiger partial charge in [0, 0.05) is 34.4 Å². The highest BCUT2D eigenvalue weighted by Crippen LogP contribution is 2.29. The molecule has 2 amide bonds. The van der Waals surface area contributed by atoms with Crippen molar-refractivity contribution in [2.75, 3.05) is 23.4 Å². The van der Waals surface area contributed by atoms with Crippen LogP contribution in [0.15, 0.2) is 36.4 Å². The molecule has 0 saturated carbocycles. The highest BCUT2D eigenvalue weighted by Gasteiger charge is 2.36. The number of nitrogens with one attached hydrogen (secondary N) is 1. The molecule has 152 valence electrons. The van der Waals surface area contributed by atoms with Crippen molar-refractivity contribution in [2.24, 2.45) is 5.92 Å². The number of halogens is 2. The average molecular weight is 435 g/mol. The van der Waals surface area contributed by atoms with Crippen molar-refractivity contribution >= 4 is 52.4 Å². The van der Waals surface area contributed by atoms with Gasteiger partial charge in [-0.15, -0.1) is 0 Å². The zero-order valence-corrected chi connectivity index (χ0v) is 17.5. The second-order valence-electron chi connectivity index (χ2n) is 6.96. The van der Waals surface area contributed by atoms with Gasteiger partial charge in [-0.1, -0.05) is 35.3 Å². The molecule has 1 aliphatic heterocycles. The van der Waals surface area contributed by atoms with Crippen LogP contribution in [-0.4, -0.2) is 30.9 Å². The van der Waals surface area contributed by atoms with Crippen molar-refractivity contribution < 1.29 is 19.1 Å². The summed E-state index contributed by atoms with van der Waals surface area (Å²) in [4.78, 5) is 38.2. The lowest BCUT2D eigenvalue weighted by atomic mass is 10.1. The highest BCUT2D eigenvalue weighted by atomic mass is 35.5. The molecule has 2 aromatic rings. The maximum absolute atomic E-state index is 12.3. The van der Waals surface area contributed by atoms with Gasteiger partial charge in [-0.2, -0.15) is 0 Å². The van der Waals surface area contributed by atoms with Crippen LogP contribution in [0.1, 0.15) is 17.5 Å². The van der Waals surface area contributed by atoms with E-state index in [0.717, 1.165) is 11.1 Å². The number of esters is 1. The van der Waals surface area contributed by atoms with Crippen LogP contribution in [0.4, 0.5) is 11.4 Å². The summed E-state index contributed by atoms with van der Waals surface area (Å²) in [5, 5.41) is 3.70. The van der Waals surface area contributed by atoms with Gasteiger partial charge in [-0.05, 0) is 49.2 Å². The molecule has 0 aliphatic carbocycles. The molecule has 0 radical (unpaired) electrons. The molecule has 0 unspecified atom stereocenters. The number of amides is 2. The first-order chi connectivity index (χ1) is 13.7. The van der Waals surface area contributed by atoms with Crippen molar-refractivity contribution in [3.8, 4) is 0 Å². The Morgan fingerprint density at radius 3 is 2.41 bits per heavy atom. The van der Waals surface area contributed by atoms with E-state index in [9.17, 15) is 14.4 Å². The van der Waals surface area contributed by atoms with E-state index < -0.39 is 24.4 Å². The van der Waals surface area contributed by atoms with Crippen LogP contribution in [0, 0.1) is 19.8 Å². The number of carbonyl (C=O) groups excluding carboxylic acids is 3. The molecule has 6 nitrogen and oxygen atoms in total. The lowest BCUT2D eigenvalue weighted by Gasteiger charge is -2.17. The molecule has 3 rings (SSSR count).